The number of nitrogens with one attached hydrogen (secondary N) is 1. The van der Waals surface area contributed by atoms with E-state index in [0.717, 1.165) is 12.5 Å². The van der Waals surface area contributed by atoms with Crippen LogP contribution >= 0.6 is 11.3 Å². The Kier molecular flexibility index (Phi) is 4.77. The zero-order chi connectivity index (χ0) is 14.7. The maximum atomic E-state index is 3.77. The van der Waals surface area contributed by atoms with Gasteiger partial charge in [-0.25, -0.2) is 0 Å². The van der Waals surface area contributed by atoms with E-state index in [1.54, 1.807) is 0 Å². The summed E-state index contributed by atoms with van der Waals surface area (Å²) in [5, 5.41) is 3.77. The van der Waals surface area contributed by atoms with Gasteiger partial charge in [-0.2, -0.15) is 0 Å². The fraction of sp³-hybridized carbons (Fsp3) is 0.474. The summed E-state index contributed by atoms with van der Waals surface area (Å²) < 4.78 is 0. The molecule has 1 heterocycles. The van der Waals surface area contributed by atoms with Gasteiger partial charge in [0, 0.05) is 22.3 Å². The van der Waals surface area contributed by atoms with Gasteiger partial charge in [-0.3, -0.25) is 0 Å². The first-order valence-corrected chi connectivity index (χ1v) is 8.88. The third-order valence-electron chi connectivity index (χ3n) is 4.72. The minimum absolute atomic E-state index is 0.699. The Morgan fingerprint density at radius 3 is 2.38 bits per heavy atom. The van der Waals surface area contributed by atoms with Crippen LogP contribution in [-0.2, 0) is 6.54 Å². The summed E-state index contributed by atoms with van der Waals surface area (Å²) in [6, 6.07) is 14.1. The van der Waals surface area contributed by atoms with Crippen LogP contribution in [0.4, 0.5) is 0 Å². The molecule has 0 amide bonds. The Morgan fingerprint density at radius 1 is 1.05 bits per heavy atom. The van der Waals surface area contributed by atoms with Crippen LogP contribution in [0.1, 0.15) is 52.5 Å². The first kappa shape index (κ1) is 14.8. The topological polar surface area (TPSA) is 12.0 Å². The van der Waals surface area contributed by atoms with Crippen molar-refractivity contribution < 1.29 is 0 Å². The van der Waals surface area contributed by atoms with Crippen LogP contribution in [0.3, 0.4) is 0 Å². The van der Waals surface area contributed by atoms with E-state index in [0.29, 0.717) is 6.04 Å². The van der Waals surface area contributed by atoms with Crippen LogP contribution in [0.15, 0.2) is 36.4 Å². The third kappa shape index (κ3) is 3.75. The average Bonchev–Trinajstić information content (AvgIpc) is 2.84. The molecule has 3 rings (SSSR count). The van der Waals surface area contributed by atoms with Gasteiger partial charge in [-0.15, -0.1) is 11.3 Å². The number of hydrogen-bond acceptors (Lipinski definition) is 2. The highest BCUT2D eigenvalue weighted by molar-refractivity contribution is 7.12. The summed E-state index contributed by atoms with van der Waals surface area (Å²) in [7, 11) is 0. The molecule has 2 aromatic rings. The zero-order valence-corrected chi connectivity index (χ0v) is 13.9. The molecular formula is C19H25NS. The van der Waals surface area contributed by atoms with Gasteiger partial charge in [0.25, 0.3) is 0 Å². The van der Waals surface area contributed by atoms with Gasteiger partial charge in [0.2, 0.25) is 0 Å². The number of rotatable bonds is 4. The summed E-state index contributed by atoms with van der Waals surface area (Å²) >= 11 is 1.91. The molecule has 1 nitrogen and oxygen atoms in total. The van der Waals surface area contributed by atoms with E-state index in [9.17, 15) is 0 Å². The normalized spacial score (nSPS) is 22.4. The lowest BCUT2D eigenvalue weighted by Gasteiger charge is -2.29. The molecule has 2 heteroatoms. The maximum absolute atomic E-state index is 3.77. The second kappa shape index (κ2) is 6.76. The van der Waals surface area contributed by atoms with E-state index in [2.05, 4.69) is 55.6 Å². The molecule has 0 radical (unpaired) electrons. The van der Waals surface area contributed by atoms with Crippen LogP contribution < -0.4 is 5.32 Å². The summed E-state index contributed by atoms with van der Waals surface area (Å²) in [4.78, 5) is 2.90. The Bertz CT molecular complexity index is 565. The van der Waals surface area contributed by atoms with Gasteiger partial charge in [0.05, 0.1) is 0 Å². The number of hydrogen-bond donors (Lipinski definition) is 1. The van der Waals surface area contributed by atoms with Gasteiger partial charge < -0.3 is 5.32 Å². The lowest BCUT2D eigenvalue weighted by atomic mass is 9.82. The molecule has 112 valence electrons. The van der Waals surface area contributed by atoms with Crippen molar-refractivity contribution in [1.82, 2.24) is 5.32 Å². The molecule has 1 aromatic carbocycles. The quantitative estimate of drug-likeness (QED) is 0.820. The summed E-state index contributed by atoms with van der Waals surface area (Å²) in [5.41, 5.74) is 3.02. The van der Waals surface area contributed by atoms with Crippen molar-refractivity contribution in [2.45, 2.75) is 58.0 Å². The van der Waals surface area contributed by atoms with Crippen LogP contribution in [0.5, 0.6) is 0 Å². The van der Waals surface area contributed by atoms with Crippen LogP contribution in [-0.4, -0.2) is 6.04 Å². The summed E-state index contributed by atoms with van der Waals surface area (Å²) in [6.45, 7) is 5.48. The minimum atomic E-state index is 0.699. The molecule has 1 aliphatic rings. The molecule has 0 atom stereocenters. The molecule has 1 N–H and O–H groups in total. The highest BCUT2D eigenvalue weighted by Gasteiger charge is 2.21. The third-order valence-corrected chi connectivity index (χ3v) is 5.73. The van der Waals surface area contributed by atoms with Gasteiger partial charge in [0.1, 0.15) is 0 Å². The van der Waals surface area contributed by atoms with Crippen LogP contribution in [0.2, 0.25) is 0 Å². The van der Waals surface area contributed by atoms with Crippen molar-refractivity contribution in [1.29, 1.82) is 0 Å². The second-order valence-electron chi connectivity index (χ2n) is 6.28. The second-order valence-corrected chi connectivity index (χ2v) is 7.74. The monoisotopic (exact) mass is 299 g/mol. The largest absolute Gasteiger partial charge is 0.310 e. The number of thiophene rings is 1. The zero-order valence-electron chi connectivity index (χ0n) is 13.1. The lowest BCUT2D eigenvalue weighted by Crippen LogP contribution is -2.32. The predicted molar refractivity (Wildman–Crippen MR) is 92.1 cm³/mol. The minimum Gasteiger partial charge on any atom is -0.310 e. The van der Waals surface area contributed by atoms with E-state index in [-0.39, 0.29) is 0 Å². The molecule has 0 spiro atoms. The lowest BCUT2D eigenvalue weighted by molar-refractivity contribution is 0.341. The first-order valence-electron chi connectivity index (χ1n) is 8.06. The molecule has 1 saturated carbocycles. The first-order chi connectivity index (χ1) is 10.2. The van der Waals surface area contributed by atoms with Crippen molar-refractivity contribution in [3.63, 3.8) is 0 Å². The number of aryl methyl sites for hydroxylation is 2. The van der Waals surface area contributed by atoms with Crippen molar-refractivity contribution in [3.8, 4) is 0 Å². The van der Waals surface area contributed by atoms with Gasteiger partial charge in [-0.05, 0) is 62.6 Å². The Hall–Kier alpha value is -1.12. The van der Waals surface area contributed by atoms with E-state index in [1.807, 2.05) is 11.3 Å². The molecule has 21 heavy (non-hydrogen) atoms. The average molecular weight is 299 g/mol. The smallest absolute Gasteiger partial charge is 0.0219 e. The SMILES string of the molecule is Cc1cc(CNC2CCC(c3ccccc3)CC2)c(C)s1. The Balaban J connectivity index is 1.49. The molecular weight excluding hydrogens is 274 g/mol. The van der Waals surface area contributed by atoms with Crippen LogP contribution in [0, 0.1) is 13.8 Å². The fourth-order valence-electron chi connectivity index (χ4n) is 3.47. The van der Waals surface area contributed by atoms with E-state index < -0.39 is 0 Å². The highest BCUT2D eigenvalue weighted by atomic mass is 32.1. The van der Waals surface area contributed by atoms with Crippen molar-refractivity contribution >= 4 is 11.3 Å². The maximum Gasteiger partial charge on any atom is 0.0219 e. The standard InChI is InChI=1S/C19H25NS/c1-14-12-18(15(2)21-14)13-20-19-10-8-17(9-11-19)16-6-4-3-5-7-16/h3-7,12,17,19-20H,8-11,13H2,1-2H3. The van der Waals surface area contributed by atoms with Gasteiger partial charge >= 0.3 is 0 Å². The van der Waals surface area contributed by atoms with E-state index in [4.69, 9.17) is 0 Å². The van der Waals surface area contributed by atoms with Gasteiger partial charge in [0.15, 0.2) is 0 Å². The summed E-state index contributed by atoms with van der Waals surface area (Å²) in [6.07, 6.45) is 5.26. The molecule has 0 saturated heterocycles. The molecule has 1 aliphatic carbocycles. The number of benzene rings is 1. The Morgan fingerprint density at radius 2 is 1.76 bits per heavy atom. The fourth-order valence-corrected chi connectivity index (χ4v) is 4.42. The Labute approximate surface area is 132 Å². The molecule has 1 aromatic heterocycles. The summed E-state index contributed by atoms with van der Waals surface area (Å²) in [5.74, 6) is 0.773. The van der Waals surface area contributed by atoms with Gasteiger partial charge in [-0.1, -0.05) is 30.3 Å². The molecule has 1 fully saturated rings. The van der Waals surface area contributed by atoms with E-state index in [1.165, 1.54) is 46.6 Å². The predicted octanol–water partition coefficient (Wildman–Crippen LogP) is 5.18. The van der Waals surface area contributed by atoms with Crippen LogP contribution in [0.25, 0.3) is 0 Å². The van der Waals surface area contributed by atoms with E-state index >= 15 is 0 Å². The molecule has 0 bridgehead atoms. The molecule has 0 unspecified atom stereocenters. The highest BCUT2D eigenvalue weighted by Crippen LogP contribution is 2.33. The van der Waals surface area contributed by atoms with Crippen molar-refractivity contribution in [2.24, 2.45) is 0 Å². The molecule has 0 aliphatic heterocycles. The van der Waals surface area contributed by atoms with Crippen molar-refractivity contribution in [3.05, 3.63) is 57.3 Å². The van der Waals surface area contributed by atoms with Crippen molar-refractivity contribution in [2.75, 3.05) is 0 Å².